The zero-order chi connectivity index (χ0) is 16.2. The number of methoxy groups -OCH3 is 1. The third-order valence-electron chi connectivity index (χ3n) is 3.52. The number of aromatic nitrogens is 5. The third-order valence-corrected chi connectivity index (χ3v) is 3.52. The maximum Gasteiger partial charge on any atom is 0.287 e. The van der Waals surface area contributed by atoms with Crippen molar-refractivity contribution in [2.24, 2.45) is 0 Å². The summed E-state index contributed by atoms with van der Waals surface area (Å²) in [5.74, 6) is 0.669. The molecular formula is C15H18N6O2. The van der Waals surface area contributed by atoms with Gasteiger partial charge in [-0.25, -0.2) is 4.98 Å². The number of carbonyl (C=O) groups is 1. The van der Waals surface area contributed by atoms with Crippen molar-refractivity contribution < 1.29 is 9.53 Å². The van der Waals surface area contributed by atoms with Crippen LogP contribution in [0.1, 0.15) is 29.4 Å². The highest BCUT2D eigenvalue weighted by Crippen LogP contribution is 2.13. The summed E-state index contributed by atoms with van der Waals surface area (Å²) in [6, 6.07) is 7.21. The Balaban J connectivity index is 1.73. The molecule has 2 N–H and O–H groups in total. The molecule has 23 heavy (non-hydrogen) atoms. The molecular weight excluding hydrogens is 296 g/mol. The van der Waals surface area contributed by atoms with Gasteiger partial charge in [-0.3, -0.25) is 4.79 Å². The maximum atomic E-state index is 12.4. The van der Waals surface area contributed by atoms with Crippen LogP contribution in [0.2, 0.25) is 0 Å². The molecule has 2 aromatic heterocycles. The molecule has 0 saturated carbocycles. The highest BCUT2D eigenvalue weighted by atomic mass is 16.5. The molecule has 0 radical (unpaired) electrons. The lowest BCUT2D eigenvalue weighted by Crippen LogP contribution is -2.29. The summed E-state index contributed by atoms with van der Waals surface area (Å²) in [6.07, 6.45) is 1.62. The van der Waals surface area contributed by atoms with Gasteiger partial charge in [0, 0.05) is 13.7 Å². The number of para-hydroxylation sites is 2. The first-order valence-electron chi connectivity index (χ1n) is 7.31. The fourth-order valence-corrected chi connectivity index (χ4v) is 2.35. The molecule has 8 heteroatoms. The molecule has 0 aliphatic heterocycles. The highest BCUT2D eigenvalue weighted by Gasteiger charge is 2.18. The number of hydrogen-bond donors (Lipinski definition) is 2. The second kappa shape index (κ2) is 6.57. The summed E-state index contributed by atoms with van der Waals surface area (Å²) >= 11 is 0. The zero-order valence-corrected chi connectivity index (χ0v) is 13.0. The van der Waals surface area contributed by atoms with Crippen molar-refractivity contribution in [2.75, 3.05) is 13.7 Å². The Morgan fingerprint density at radius 2 is 2.26 bits per heavy atom. The number of amides is 1. The van der Waals surface area contributed by atoms with Gasteiger partial charge in [-0.15, -0.1) is 10.2 Å². The molecule has 0 bridgehead atoms. The predicted octanol–water partition coefficient (Wildman–Crippen LogP) is 1.29. The minimum Gasteiger partial charge on any atom is -0.383 e. The number of nitrogens with zero attached hydrogens (tertiary/aromatic N) is 4. The van der Waals surface area contributed by atoms with Gasteiger partial charge in [-0.2, -0.15) is 0 Å². The van der Waals surface area contributed by atoms with E-state index in [2.05, 4.69) is 25.5 Å². The molecule has 1 aromatic carbocycles. The summed E-state index contributed by atoms with van der Waals surface area (Å²) < 4.78 is 6.91. The average Bonchev–Trinajstić information content (AvgIpc) is 3.19. The maximum absolute atomic E-state index is 12.4. The molecule has 1 atom stereocenters. The van der Waals surface area contributed by atoms with E-state index in [4.69, 9.17) is 4.74 Å². The minimum atomic E-state index is -0.296. The van der Waals surface area contributed by atoms with Crippen LogP contribution in [0.15, 0.2) is 30.6 Å². The van der Waals surface area contributed by atoms with Crippen LogP contribution in [0.5, 0.6) is 0 Å². The van der Waals surface area contributed by atoms with Crippen LogP contribution >= 0.6 is 0 Å². The molecule has 8 nitrogen and oxygen atoms in total. The largest absolute Gasteiger partial charge is 0.383 e. The molecule has 0 aliphatic carbocycles. The van der Waals surface area contributed by atoms with E-state index in [1.807, 2.05) is 35.8 Å². The van der Waals surface area contributed by atoms with Gasteiger partial charge in [0.1, 0.15) is 6.33 Å². The van der Waals surface area contributed by atoms with Crippen LogP contribution in [0.4, 0.5) is 0 Å². The lowest BCUT2D eigenvalue weighted by molar-refractivity contribution is 0.0928. The molecule has 0 saturated heterocycles. The van der Waals surface area contributed by atoms with Crippen molar-refractivity contribution >= 4 is 16.9 Å². The van der Waals surface area contributed by atoms with E-state index in [0.29, 0.717) is 19.0 Å². The fraction of sp³-hybridized carbons (Fsp3) is 0.333. The first kappa shape index (κ1) is 15.2. The first-order chi connectivity index (χ1) is 11.2. The molecule has 0 spiro atoms. The van der Waals surface area contributed by atoms with Gasteiger partial charge in [0.2, 0.25) is 0 Å². The Morgan fingerprint density at radius 3 is 3.04 bits per heavy atom. The second-order valence-electron chi connectivity index (χ2n) is 5.17. The monoisotopic (exact) mass is 314 g/mol. The van der Waals surface area contributed by atoms with Crippen LogP contribution in [0.3, 0.4) is 0 Å². The number of fused-ring (bicyclic) bond motifs is 1. The van der Waals surface area contributed by atoms with Crippen molar-refractivity contribution in [1.82, 2.24) is 30.0 Å². The van der Waals surface area contributed by atoms with Crippen LogP contribution in [-0.2, 0) is 11.3 Å². The Labute approximate surface area is 132 Å². The predicted molar refractivity (Wildman–Crippen MR) is 83.9 cm³/mol. The summed E-state index contributed by atoms with van der Waals surface area (Å²) in [7, 11) is 1.64. The Kier molecular flexibility index (Phi) is 4.33. The molecule has 0 fully saturated rings. The van der Waals surface area contributed by atoms with E-state index >= 15 is 0 Å². The van der Waals surface area contributed by atoms with Crippen LogP contribution in [0.25, 0.3) is 11.0 Å². The van der Waals surface area contributed by atoms with Gasteiger partial charge in [0.05, 0.1) is 23.7 Å². The zero-order valence-electron chi connectivity index (χ0n) is 13.0. The van der Waals surface area contributed by atoms with Gasteiger partial charge >= 0.3 is 0 Å². The Hall–Kier alpha value is -2.74. The Morgan fingerprint density at radius 1 is 1.43 bits per heavy atom. The van der Waals surface area contributed by atoms with Crippen molar-refractivity contribution in [3.8, 4) is 0 Å². The molecule has 120 valence electrons. The number of ether oxygens (including phenoxy) is 1. The number of rotatable bonds is 6. The van der Waals surface area contributed by atoms with Crippen LogP contribution in [-0.4, -0.2) is 44.4 Å². The molecule has 0 aliphatic rings. The number of benzene rings is 1. The van der Waals surface area contributed by atoms with Crippen LogP contribution < -0.4 is 5.32 Å². The van der Waals surface area contributed by atoms with Crippen molar-refractivity contribution in [3.05, 3.63) is 42.2 Å². The number of carbonyl (C=O) groups excluding carboxylic acids is 1. The number of hydrogen-bond acceptors (Lipinski definition) is 5. The molecule has 1 amide bonds. The van der Waals surface area contributed by atoms with Crippen molar-refractivity contribution in [3.63, 3.8) is 0 Å². The molecule has 3 rings (SSSR count). The number of aromatic amines is 1. The van der Waals surface area contributed by atoms with E-state index in [1.54, 1.807) is 13.4 Å². The first-order valence-corrected chi connectivity index (χ1v) is 7.31. The average molecular weight is 314 g/mol. The fourth-order valence-electron chi connectivity index (χ4n) is 2.35. The Bertz CT molecular complexity index is 776. The van der Waals surface area contributed by atoms with Crippen molar-refractivity contribution in [2.45, 2.75) is 19.5 Å². The van der Waals surface area contributed by atoms with E-state index in [0.717, 1.165) is 11.0 Å². The smallest absolute Gasteiger partial charge is 0.287 e. The number of imidazole rings is 1. The lowest BCUT2D eigenvalue weighted by Gasteiger charge is -2.13. The van der Waals surface area contributed by atoms with Gasteiger partial charge in [0.25, 0.3) is 5.91 Å². The van der Waals surface area contributed by atoms with E-state index < -0.39 is 0 Å². The number of nitrogens with one attached hydrogen (secondary N) is 2. The topological polar surface area (TPSA) is 97.7 Å². The third kappa shape index (κ3) is 3.21. The summed E-state index contributed by atoms with van der Waals surface area (Å²) in [4.78, 5) is 19.7. The van der Waals surface area contributed by atoms with Gasteiger partial charge in [0.15, 0.2) is 11.6 Å². The molecule has 0 unspecified atom stereocenters. The summed E-state index contributed by atoms with van der Waals surface area (Å²) in [5.41, 5.74) is 1.59. The molecule has 2 heterocycles. The van der Waals surface area contributed by atoms with E-state index in [9.17, 15) is 4.79 Å². The number of H-pyrrole nitrogens is 1. The normalized spacial score (nSPS) is 12.4. The standard InChI is InChI=1S/C15H18N6O2/c1-10(14-20-16-9-21(14)7-8-23-2)17-15(22)13-18-11-5-3-4-6-12(11)19-13/h3-6,9-10H,7-8H2,1-2H3,(H,17,22)(H,18,19)/t10-/m0/s1. The van der Waals surface area contributed by atoms with Gasteiger partial charge in [-0.05, 0) is 19.1 Å². The summed E-state index contributed by atoms with van der Waals surface area (Å²) in [5, 5.41) is 10.8. The molecule has 3 aromatic rings. The summed E-state index contributed by atoms with van der Waals surface area (Å²) in [6.45, 7) is 3.03. The van der Waals surface area contributed by atoms with Gasteiger partial charge in [-0.1, -0.05) is 12.1 Å². The van der Waals surface area contributed by atoms with Crippen molar-refractivity contribution in [1.29, 1.82) is 0 Å². The SMILES string of the molecule is COCCn1cnnc1[C@H](C)NC(=O)c1nc2ccccc2[nH]1. The van der Waals surface area contributed by atoms with E-state index in [1.165, 1.54) is 0 Å². The second-order valence-corrected chi connectivity index (χ2v) is 5.17. The van der Waals surface area contributed by atoms with E-state index in [-0.39, 0.29) is 17.8 Å². The quantitative estimate of drug-likeness (QED) is 0.714. The lowest BCUT2D eigenvalue weighted by atomic mass is 10.3. The highest BCUT2D eigenvalue weighted by molar-refractivity contribution is 5.94. The van der Waals surface area contributed by atoms with Crippen LogP contribution in [0, 0.1) is 0 Å². The minimum absolute atomic E-state index is 0.279. The van der Waals surface area contributed by atoms with Gasteiger partial charge < -0.3 is 19.6 Å².